The van der Waals surface area contributed by atoms with Crippen molar-refractivity contribution in [3.8, 4) is 0 Å². The van der Waals surface area contributed by atoms with Crippen molar-refractivity contribution in [1.82, 2.24) is 10.0 Å². The van der Waals surface area contributed by atoms with Crippen molar-refractivity contribution in [2.24, 2.45) is 21.4 Å². The summed E-state index contributed by atoms with van der Waals surface area (Å²) in [6, 6.07) is 21.7. The van der Waals surface area contributed by atoms with Gasteiger partial charge in [-0.05, 0) is 74.9 Å². The van der Waals surface area contributed by atoms with Gasteiger partial charge in [-0.2, -0.15) is 10.2 Å². The first-order valence-corrected chi connectivity index (χ1v) is 15.1. The number of amides is 3. The van der Waals surface area contributed by atoms with E-state index in [0.717, 1.165) is 57.7 Å². The van der Waals surface area contributed by atoms with Crippen LogP contribution in [0, 0.1) is 26.7 Å². The summed E-state index contributed by atoms with van der Waals surface area (Å²) in [6.07, 6.45) is 4.99. The largest absolute Gasteiger partial charge is 0.271 e. The number of fused-ring (bicyclic) bond motifs is 2. The number of carbonyl (C=O) groups excluding carboxylic acids is 3. The van der Waals surface area contributed by atoms with Crippen LogP contribution in [0.4, 0.5) is 5.69 Å². The molecular formula is C35H34N6O3. The molecular weight excluding hydrogens is 552 g/mol. The summed E-state index contributed by atoms with van der Waals surface area (Å²) in [6.45, 7) is 5.84. The normalized spacial score (nSPS) is 25.1. The molecule has 3 heterocycles. The van der Waals surface area contributed by atoms with Crippen LogP contribution in [0.3, 0.4) is 0 Å². The van der Waals surface area contributed by atoms with Crippen LogP contribution in [0.5, 0.6) is 0 Å². The second kappa shape index (κ2) is 11.0. The van der Waals surface area contributed by atoms with Crippen molar-refractivity contribution in [3.05, 3.63) is 106 Å². The van der Waals surface area contributed by atoms with Crippen LogP contribution in [-0.2, 0) is 14.4 Å². The number of nitrogens with zero attached hydrogens (tertiary/aromatic N) is 6. The van der Waals surface area contributed by atoms with Gasteiger partial charge in [0.1, 0.15) is 6.54 Å². The zero-order valence-electron chi connectivity index (χ0n) is 25.1. The van der Waals surface area contributed by atoms with Crippen molar-refractivity contribution in [2.45, 2.75) is 58.2 Å². The molecule has 4 aliphatic rings. The molecule has 2 fully saturated rings. The predicted molar refractivity (Wildman–Crippen MR) is 168 cm³/mol. The van der Waals surface area contributed by atoms with E-state index in [9.17, 15) is 14.4 Å². The average Bonchev–Trinajstić information content (AvgIpc) is 3.69. The lowest BCUT2D eigenvalue weighted by molar-refractivity contribution is -0.136. The van der Waals surface area contributed by atoms with E-state index in [-0.39, 0.29) is 24.4 Å². The Labute approximate surface area is 256 Å². The molecule has 9 nitrogen and oxygen atoms in total. The van der Waals surface area contributed by atoms with E-state index < -0.39 is 23.9 Å². The summed E-state index contributed by atoms with van der Waals surface area (Å²) in [7, 11) is 0. The number of carbonyl (C=O) groups is 3. The van der Waals surface area contributed by atoms with Gasteiger partial charge in [0.2, 0.25) is 0 Å². The standard InChI is InChI=1S/C35H34N6O3/c1-21-7-13-24(14-8-21)19-26-5-4-6-28-30(26)37-41(32(28)25-15-9-22(2)10-16-25)29(42)20-39-33-31(36-38-39)34(43)40(35(33)44)27-17-11-23(3)12-18-27/h7-19,28,31-33H,4-6,20H2,1-3H3/b26-19+/t28-,31+,32+,33+/m1/s1. The highest BCUT2D eigenvalue weighted by atomic mass is 16.2. The van der Waals surface area contributed by atoms with Gasteiger partial charge in [0.15, 0.2) is 12.1 Å². The molecule has 3 aromatic carbocycles. The molecule has 1 saturated heterocycles. The van der Waals surface area contributed by atoms with Gasteiger partial charge in [0, 0.05) is 5.92 Å². The van der Waals surface area contributed by atoms with Gasteiger partial charge in [0.25, 0.3) is 17.7 Å². The molecule has 4 atom stereocenters. The maximum absolute atomic E-state index is 14.1. The van der Waals surface area contributed by atoms with E-state index in [2.05, 4.69) is 71.9 Å². The molecule has 1 aliphatic carbocycles. The second-order valence-corrected chi connectivity index (χ2v) is 12.2. The summed E-state index contributed by atoms with van der Waals surface area (Å²) in [5.41, 5.74) is 8.06. The molecule has 3 amide bonds. The van der Waals surface area contributed by atoms with E-state index >= 15 is 0 Å². The van der Waals surface area contributed by atoms with Crippen molar-refractivity contribution in [1.29, 1.82) is 0 Å². The highest BCUT2D eigenvalue weighted by Crippen LogP contribution is 2.45. The number of benzene rings is 3. The van der Waals surface area contributed by atoms with Gasteiger partial charge < -0.3 is 0 Å². The number of aryl methyl sites for hydroxylation is 3. The third kappa shape index (κ3) is 4.82. The predicted octanol–water partition coefficient (Wildman–Crippen LogP) is 5.73. The smallest absolute Gasteiger partial charge is 0.264 e. The van der Waals surface area contributed by atoms with Gasteiger partial charge in [-0.15, -0.1) is 0 Å². The molecule has 0 spiro atoms. The van der Waals surface area contributed by atoms with Crippen LogP contribution in [-0.4, -0.2) is 52.1 Å². The highest BCUT2D eigenvalue weighted by molar-refractivity contribution is 6.25. The quantitative estimate of drug-likeness (QED) is 0.357. The van der Waals surface area contributed by atoms with Gasteiger partial charge in [-0.25, -0.2) is 9.91 Å². The van der Waals surface area contributed by atoms with Crippen molar-refractivity contribution in [3.63, 3.8) is 0 Å². The average molecular weight is 587 g/mol. The Morgan fingerprint density at radius 3 is 2.16 bits per heavy atom. The fourth-order valence-electron chi connectivity index (χ4n) is 6.68. The van der Waals surface area contributed by atoms with E-state index in [1.165, 1.54) is 10.6 Å². The summed E-state index contributed by atoms with van der Waals surface area (Å²) < 4.78 is 0. The van der Waals surface area contributed by atoms with Crippen LogP contribution in [0.15, 0.2) is 93.8 Å². The SMILES string of the molecule is Cc1ccc(/C=C2\CCC[C@@H]3C2=NN(C(=O)CN2N=N[C@@H]4C(=O)N(c5ccc(C)cc5)C(=O)[C@H]42)[C@H]3c2ccc(C)cc2)cc1. The Morgan fingerprint density at radius 1 is 0.841 bits per heavy atom. The molecule has 222 valence electrons. The number of hydrazone groups is 1. The topological polar surface area (TPSA) is 98.0 Å². The molecule has 0 aromatic heterocycles. The zero-order chi connectivity index (χ0) is 30.5. The van der Waals surface area contributed by atoms with Gasteiger partial charge in [0.05, 0.1) is 17.4 Å². The molecule has 0 radical (unpaired) electrons. The Bertz CT molecular complexity index is 1730. The molecule has 44 heavy (non-hydrogen) atoms. The van der Waals surface area contributed by atoms with Gasteiger partial charge >= 0.3 is 0 Å². The molecule has 3 aromatic rings. The second-order valence-electron chi connectivity index (χ2n) is 12.2. The van der Waals surface area contributed by atoms with E-state index in [1.54, 1.807) is 17.1 Å². The number of hydrogen-bond donors (Lipinski definition) is 0. The summed E-state index contributed by atoms with van der Waals surface area (Å²) in [4.78, 5) is 42.0. The van der Waals surface area contributed by atoms with Gasteiger partial charge in [-0.1, -0.05) is 82.6 Å². The Morgan fingerprint density at radius 2 is 1.48 bits per heavy atom. The highest BCUT2D eigenvalue weighted by Gasteiger charge is 2.55. The minimum absolute atomic E-state index is 0.0479. The lowest BCUT2D eigenvalue weighted by Gasteiger charge is -2.30. The molecule has 0 bridgehead atoms. The van der Waals surface area contributed by atoms with Crippen molar-refractivity contribution in [2.75, 3.05) is 11.4 Å². The lowest BCUT2D eigenvalue weighted by Crippen LogP contribution is -2.45. The lowest BCUT2D eigenvalue weighted by atomic mass is 9.77. The number of anilines is 1. The molecule has 0 N–H and O–H groups in total. The fourth-order valence-corrected chi connectivity index (χ4v) is 6.68. The third-order valence-electron chi connectivity index (χ3n) is 9.04. The minimum Gasteiger partial charge on any atom is -0.271 e. The van der Waals surface area contributed by atoms with Gasteiger partial charge in [-0.3, -0.25) is 19.4 Å². The van der Waals surface area contributed by atoms with Crippen LogP contribution >= 0.6 is 0 Å². The molecule has 0 unspecified atom stereocenters. The summed E-state index contributed by atoms with van der Waals surface area (Å²) >= 11 is 0. The number of hydrogen-bond acceptors (Lipinski definition) is 7. The third-order valence-corrected chi connectivity index (χ3v) is 9.04. The van der Waals surface area contributed by atoms with E-state index in [4.69, 9.17) is 5.10 Å². The Kier molecular flexibility index (Phi) is 6.95. The summed E-state index contributed by atoms with van der Waals surface area (Å²) in [5, 5.41) is 16.2. The molecule has 7 rings (SSSR count). The fraction of sp³-hybridized carbons (Fsp3) is 0.314. The number of rotatable bonds is 5. The Hall–Kier alpha value is -4.92. The molecule has 3 aliphatic heterocycles. The van der Waals surface area contributed by atoms with Crippen molar-refractivity contribution < 1.29 is 14.4 Å². The molecule has 1 saturated carbocycles. The van der Waals surface area contributed by atoms with Crippen LogP contribution in [0.2, 0.25) is 0 Å². The first kappa shape index (κ1) is 27.9. The Balaban J connectivity index is 1.18. The van der Waals surface area contributed by atoms with Crippen LogP contribution in [0.1, 0.15) is 53.1 Å². The first-order chi connectivity index (χ1) is 21.3. The maximum Gasteiger partial charge on any atom is 0.264 e. The zero-order valence-corrected chi connectivity index (χ0v) is 25.1. The van der Waals surface area contributed by atoms with E-state index in [1.807, 2.05) is 26.0 Å². The monoisotopic (exact) mass is 586 g/mol. The minimum atomic E-state index is -0.971. The number of allylic oxidation sites excluding steroid dienone is 1. The first-order valence-electron chi connectivity index (χ1n) is 15.1. The van der Waals surface area contributed by atoms with Crippen molar-refractivity contribution >= 4 is 35.2 Å². The maximum atomic E-state index is 14.1. The number of imide groups is 1. The van der Waals surface area contributed by atoms with E-state index in [0.29, 0.717) is 5.69 Å². The van der Waals surface area contributed by atoms with Crippen LogP contribution in [0.25, 0.3) is 6.08 Å². The summed E-state index contributed by atoms with van der Waals surface area (Å²) in [5.74, 6) is -1.10. The molecule has 9 heteroatoms. The van der Waals surface area contributed by atoms with Crippen LogP contribution < -0.4 is 4.90 Å².